The summed E-state index contributed by atoms with van der Waals surface area (Å²) < 4.78 is 34.7. The zero-order valence-corrected chi connectivity index (χ0v) is 21.5. The monoisotopic (exact) mass is 499 g/mol. The first-order valence-electron chi connectivity index (χ1n) is 11.8. The molecule has 1 amide bonds. The Hall–Kier alpha value is -2.93. The lowest BCUT2D eigenvalue weighted by molar-refractivity contribution is 0.0563. The quantitative estimate of drug-likeness (QED) is 0.614. The van der Waals surface area contributed by atoms with E-state index < -0.39 is 22.2 Å². The topological polar surface area (TPSA) is 100 Å². The Bertz CT molecular complexity index is 1190. The van der Waals surface area contributed by atoms with Gasteiger partial charge in [0.1, 0.15) is 16.7 Å². The van der Waals surface area contributed by atoms with Crippen molar-refractivity contribution < 1.29 is 23.1 Å². The van der Waals surface area contributed by atoms with Crippen LogP contribution in [0, 0.1) is 17.8 Å². The highest BCUT2D eigenvalue weighted by Crippen LogP contribution is 2.34. The van der Waals surface area contributed by atoms with Gasteiger partial charge in [0.15, 0.2) is 0 Å². The third kappa shape index (κ3) is 6.20. The van der Waals surface area contributed by atoms with E-state index in [1.165, 1.54) is 16.6 Å². The lowest BCUT2D eigenvalue weighted by Gasteiger charge is -2.37. The molecule has 0 aliphatic carbocycles. The van der Waals surface area contributed by atoms with E-state index in [1.807, 2.05) is 13.8 Å². The number of carbonyl (C=O) groups excluding carboxylic acids is 1. The number of carbonyl (C=O) groups is 1. The molecule has 1 aromatic heterocycles. The summed E-state index contributed by atoms with van der Waals surface area (Å²) >= 11 is 0. The zero-order valence-electron chi connectivity index (χ0n) is 20.6. The van der Waals surface area contributed by atoms with Gasteiger partial charge in [-0.25, -0.2) is 8.42 Å². The van der Waals surface area contributed by atoms with E-state index in [1.54, 1.807) is 49.3 Å². The van der Waals surface area contributed by atoms with Crippen LogP contribution in [-0.4, -0.2) is 72.5 Å². The summed E-state index contributed by atoms with van der Waals surface area (Å²) in [7, 11) is -2.25. The summed E-state index contributed by atoms with van der Waals surface area (Å²) in [4.78, 5) is 18.5. The minimum Gasteiger partial charge on any atom is -0.487 e. The van der Waals surface area contributed by atoms with Crippen molar-refractivity contribution in [1.82, 2.24) is 14.2 Å². The van der Waals surface area contributed by atoms with Crippen LogP contribution in [-0.2, 0) is 10.0 Å². The average molecular weight is 500 g/mol. The Morgan fingerprint density at radius 3 is 2.80 bits per heavy atom. The molecule has 3 rings (SSSR count). The first-order chi connectivity index (χ1) is 16.7. The second kappa shape index (κ2) is 11.7. The second-order valence-corrected chi connectivity index (χ2v) is 10.7. The summed E-state index contributed by atoms with van der Waals surface area (Å²) in [5.74, 6) is 5.85. The maximum atomic E-state index is 13.5. The molecule has 0 unspecified atom stereocenters. The largest absolute Gasteiger partial charge is 0.487 e. The summed E-state index contributed by atoms with van der Waals surface area (Å²) in [5, 5.41) is 9.78. The summed E-state index contributed by atoms with van der Waals surface area (Å²) in [5.41, 5.74) is 1.11. The number of amides is 1. The van der Waals surface area contributed by atoms with Crippen LogP contribution in [0.15, 0.2) is 47.6 Å². The maximum absolute atomic E-state index is 13.5. The van der Waals surface area contributed by atoms with Crippen molar-refractivity contribution in [2.75, 3.05) is 26.7 Å². The number of aromatic nitrogens is 1. The molecular weight excluding hydrogens is 466 g/mol. The minimum atomic E-state index is -3.93. The highest BCUT2D eigenvalue weighted by Gasteiger charge is 2.38. The SMILES string of the molecule is CCCC#Cc1ccc2c(c1)O[C@@H](CN(C)C(=O)c1cccnc1)[C@@H](C)CN([C@@H](C)CO)S2(=O)=O. The van der Waals surface area contributed by atoms with E-state index in [-0.39, 0.29) is 42.2 Å². The number of rotatable bonds is 6. The minimum absolute atomic E-state index is 0.0250. The first-order valence-corrected chi connectivity index (χ1v) is 13.2. The first kappa shape index (κ1) is 26.7. The Morgan fingerprint density at radius 2 is 2.14 bits per heavy atom. The van der Waals surface area contributed by atoms with Crippen LogP contribution in [0.5, 0.6) is 5.75 Å². The lowest BCUT2D eigenvalue weighted by Crippen LogP contribution is -2.50. The Balaban J connectivity index is 2.01. The fraction of sp³-hybridized carbons (Fsp3) is 0.462. The van der Waals surface area contributed by atoms with Crippen LogP contribution in [0.1, 0.15) is 49.5 Å². The molecule has 0 radical (unpaired) electrons. The van der Waals surface area contributed by atoms with Crippen molar-refractivity contribution in [3.63, 3.8) is 0 Å². The van der Waals surface area contributed by atoms with Gasteiger partial charge in [0.25, 0.3) is 5.91 Å². The summed E-state index contributed by atoms with van der Waals surface area (Å²) in [6.45, 7) is 5.66. The molecule has 0 bridgehead atoms. The molecule has 188 valence electrons. The Labute approximate surface area is 208 Å². The van der Waals surface area contributed by atoms with Gasteiger partial charge in [0, 0.05) is 49.9 Å². The molecule has 1 aliphatic rings. The molecule has 1 aliphatic heterocycles. The van der Waals surface area contributed by atoms with E-state index >= 15 is 0 Å². The highest BCUT2D eigenvalue weighted by molar-refractivity contribution is 7.89. The lowest BCUT2D eigenvalue weighted by atomic mass is 10.0. The molecule has 0 saturated heterocycles. The number of hydrogen-bond acceptors (Lipinski definition) is 6. The van der Waals surface area contributed by atoms with Crippen LogP contribution < -0.4 is 4.74 Å². The number of ether oxygens (including phenoxy) is 1. The number of hydrogen-bond donors (Lipinski definition) is 1. The van der Waals surface area contributed by atoms with Crippen LogP contribution >= 0.6 is 0 Å². The molecule has 9 heteroatoms. The third-order valence-electron chi connectivity index (χ3n) is 5.98. The summed E-state index contributed by atoms with van der Waals surface area (Å²) in [6, 6.07) is 7.60. The molecule has 8 nitrogen and oxygen atoms in total. The smallest absolute Gasteiger partial charge is 0.255 e. The van der Waals surface area contributed by atoms with Crippen molar-refractivity contribution in [3.05, 3.63) is 53.9 Å². The number of pyridine rings is 1. The molecule has 3 atom stereocenters. The normalized spacial score (nSPS) is 20.3. The van der Waals surface area contributed by atoms with Gasteiger partial charge in [-0.05, 0) is 43.7 Å². The van der Waals surface area contributed by atoms with Crippen LogP contribution in [0.4, 0.5) is 0 Å². The van der Waals surface area contributed by atoms with E-state index in [0.717, 1.165) is 12.8 Å². The number of unbranched alkanes of at least 4 members (excludes halogenated alkanes) is 1. The van der Waals surface area contributed by atoms with Gasteiger partial charge >= 0.3 is 0 Å². The molecule has 0 fully saturated rings. The third-order valence-corrected chi connectivity index (χ3v) is 8.00. The van der Waals surface area contributed by atoms with Gasteiger partial charge in [-0.3, -0.25) is 9.78 Å². The average Bonchev–Trinajstić information content (AvgIpc) is 2.85. The van der Waals surface area contributed by atoms with Gasteiger partial charge in [0.2, 0.25) is 10.0 Å². The number of likely N-dealkylation sites (N-methyl/N-ethyl adjacent to an activating group) is 1. The number of aliphatic hydroxyl groups is 1. The Morgan fingerprint density at radius 1 is 1.37 bits per heavy atom. The predicted molar refractivity (Wildman–Crippen MR) is 133 cm³/mol. The second-order valence-electron chi connectivity index (χ2n) is 8.88. The fourth-order valence-corrected chi connectivity index (χ4v) is 5.70. The number of nitrogens with zero attached hydrogens (tertiary/aromatic N) is 3. The van der Waals surface area contributed by atoms with Crippen LogP contribution in [0.25, 0.3) is 0 Å². The molecule has 0 saturated carbocycles. The van der Waals surface area contributed by atoms with Gasteiger partial charge in [-0.2, -0.15) is 4.31 Å². The number of sulfonamides is 1. The number of fused-ring (bicyclic) bond motifs is 1. The van der Waals surface area contributed by atoms with E-state index in [4.69, 9.17) is 4.74 Å². The van der Waals surface area contributed by atoms with E-state index in [9.17, 15) is 18.3 Å². The fourth-order valence-electron chi connectivity index (χ4n) is 3.87. The van der Waals surface area contributed by atoms with Gasteiger partial charge in [-0.1, -0.05) is 25.7 Å². The molecule has 1 N–H and O–H groups in total. The van der Waals surface area contributed by atoms with Gasteiger partial charge in [0.05, 0.1) is 18.7 Å². The molecule has 1 aromatic carbocycles. The van der Waals surface area contributed by atoms with Crippen LogP contribution in [0.3, 0.4) is 0 Å². The number of benzene rings is 1. The van der Waals surface area contributed by atoms with Gasteiger partial charge in [-0.15, -0.1) is 0 Å². The maximum Gasteiger partial charge on any atom is 0.255 e. The van der Waals surface area contributed by atoms with Crippen molar-refractivity contribution in [1.29, 1.82) is 0 Å². The van der Waals surface area contributed by atoms with Crippen molar-refractivity contribution in [2.45, 2.75) is 50.7 Å². The van der Waals surface area contributed by atoms with Crippen molar-refractivity contribution in [3.8, 4) is 17.6 Å². The Kier molecular flexibility index (Phi) is 8.89. The summed E-state index contributed by atoms with van der Waals surface area (Å²) in [6.07, 6.45) is 4.27. The molecule has 2 aromatic rings. The van der Waals surface area contributed by atoms with Crippen molar-refractivity contribution in [2.24, 2.45) is 5.92 Å². The van der Waals surface area contributed by atoms with E-state index in [2.05, 4.69) is 16.8 Å². The van der Waals surface area contributed by atoms with Crippen LogP contribution in [0.2, 0.25) is 0 Å². The molecule has 2 heterocycles. The highest BCUT2D eigenvalue weighted by atomic mass is 32.2. The van der Waals surface area contributed by atoms with E-state index in [0.29, 0.717) is 11.1 Å². The zero-order chi connectivity index (χ0) is 25.6. The standard InChI is InChI=1S/C26H33N3O5S/c1-5-6-7-9-21-11-12-25-23(14-21)34-24(17-28(4)26(31)22-10-8-13-27-15-22)19(2)16-29(20(3)18-30)35(25,32)33/h8,10-15,19-20,24,30H,5-6,16-18H2,1-4H3/t19-,20-,24-/m0/s1. The molecular formula is C26H33N3O5S. The molecule has 0 spiro atoms. The van der Waals surface area contributed by atoms with Gasteiger partial charge < -0.3 is 14.7 Å². The van der Waals surface area contributed by atoms with Crippen molar-refractivity contribution >= 4 is 15.9 Å². The molecule has 35 heavy (non-hydrogen) atoms. The number of aliphatic hydroxyl groups excluding tert-OH is 1. The predicted octanol–water partition coefficient (Wildman–Crippen LogP) is 2.77.